The molecule has 0 N–H and O–H groups in total. The van der Waals surface area contributed by atoms with Gasteiger partial charge in [-0.15, -0.1) is 0 Å². The fourth-order valence-electron chi connectivity index (χ4n) is 1.30. The molecule has 0 saturated heterocycles. The molecule has 0 heterocycles. The molecule has 0 atom stereocenters. The number of rotatable bonds is 4. The van der Waals surface area contributed by atoms with Gasteiger partial charge in [-0.3, -0.25) is 0 Å². The molecule has 15 heavy (non-hydrogen) atoms. The second-order valence-corrected chi connectivity index (χ2v) is 7.25. The Labute approximate surface area is 115 Å². The molecule has 82 valence electrons. The zero-order valence-electron chi connectivity index (χ0n) is 10.8. The third kappa shape index (κ3) is 10.6. The van der Waals surface area contributed by atoms with E-state index in [1.807, 2.05) is 0 Å². The van der Waals surface area contributed by atoms with Crippen LogP contribution >= 0.6 is 0 Å². The van der Waals surface area contributed by atoms with E-state index in [0.717, 1.165) is 0 Å². The van der Waals surface area contributed by atoms with Crippen molar-refractivity contribution in [2.45, 2.75) is 41.5 Å². The Bertz CT molecular complexity index is 274. The maximum absolute atomic E-state index is 2.45. The van der Waals surface area contributed by atoms with Crippen molar-refractivity contribution in [3.8, 4) is 0 Å². The molecule has 0 nitrogen and oxygen atoms in total. The Morgan fingerprint density at radius 2 is 1.00 bits per heavy atom. The maximum atomic E-state index is 2.45. The van der Waals surface area contributed by atoms with Crippen LogP contribution in [-0.4, -0.2) is 0 Å². The fourth-order valence-corrected chi connectivity index (χ4v) is 3.73. The van der Waals surface area contributed by atoms with Crippen LogP contribution < -0.4 is 0 Å². The van der Waals surface area contributed by atoms with E-state index >= 15 is 0 Å². The van der Waals surface area contributed by atoms with Crippen LogP contribution in [0.5, 0.6) is 0 Å². The molecule has 0 amide bonds. The topological polar surface area (TPSA) is 0 Å². The molecular formula is C14H22Ce. The van der Waals surface area contributed by atoms with Gasteiger partial charge < -0.3 is 0 Å². The van der Waals surface area contributed by atoms with Gasteiger partial charge in [-0.25, -0.2) is 0 Å². The fraction of sp³-hybridized carbons (Fsp3) is 0.429. The Morgan fingerprint density at radius 1 is 0.667 bits per heavy atom. The minimum atomic E-state index is -0.664. The van der Waals surface area contributed by atoms with Crippen molar-refractivity contribution in [3.05, 3.63) is 37.6 Å². The zero-order chi connectivity index (χ0) is 11.8. The molecule has 0 saturated carbocycles. The summed E-state index contributed by atoms with van der Waals surface area (Å²) < 4.78 is 4.91. The summed E-state index contributed by atoms with van der Waals surface area (Å²) in [6.45, 7) is 13.0. The second-order valence-electron chi connectivity index (χ2n) is 4.39. The van der Waals surface area contributed by atoms with E-state index in [9.17, 15) is 0 Å². The van der Waals surface area contributed by atoms with Crippen molar-refractivity contribution in [2.75, 3.05) is 0 Å². The molecule has 0 aliphatic rings. The van der Waals surface area contributed by atoms with Crippen molar-refractivity contribution in [3.63, 3.8) is 0 Å². The summed E-state index contributed by atoms with van der Waals surface area (Å²) in [5.41, 5.74) is 5.63. The van der Waals surface area contributed by atoms with Gasteiger partial charge in [0.15, 0.2) is 0 Å². The van der Waals surface area contributed by atoms with Gasteiger partial charge in [-0.05, 0) is 0 Å². The Kier molecular flexibility index (Phi) is 8.67. The number of allylic oxidation sites excluding steroid dienone is 6. The summed E-state index contributed by atoms with van der Waals surface area (Å²) in [7, 11) is 0. The Balaban J connectivity index is 4.29. The molecule has 0 aromatic rings. The van der Waals surface area contributed by atoms with Gasteiger partial charge in [0, 0.05) is 0 Å². The number of hydrogen-bond acceptors (Lipinski definition) is 0. The molecule has 0 unspecified atom stereocenters. The first-order valence-electron chi connectivity index (χ1n) is 5.31. The standard InChI is InChI=1S/2C7H11.Ce/c2*1-6(2)5-7(3)4;/h2*1,5H,2-4H3;. The summed E-state index contributed by atoms with van der Waals surface area (Å²) in [6, 6.07) is 0. The minimum absolute atomic E-state index is 0.664. The third-order valence-electron chi connectivity index (χ3n) is 1.65. The van der Waals surface area contributed by atoms with Crippen molar-refractivity contribution >= 4 is 0 Å². The van der Waals surface area contributed by atoms with Crippen molar-refractivity contribution in [1.29, 1.82) is 0 Å². The first kappa shape index (κ1) is 15.3. The van der Waals surface area contributed by atoms with Crippen LogP contribution in [0.4, 0.5) is 0 Å². The Morgan fingerprint density at radius 3 is 1.27 bits per heavy atom. The average molecular weight is 330 g/mol. The Hall–Kier alpha value is 0.337. The molecule has 0 bridgehead atoms. The van der Waals surface area contributed by atoms with Crippen molar-refractivity contribution in [1.82, 2.24) is 0 Å². The summed E-state index contributed by atoms with van der Waals surface area (Å²) in [4.78, 5) is 0. The van der Waals surface area contributed by atoms with Crippen LogP contribution in [0, 0.1) is 37.6 Å². The zero-order valence-corrected chi connectivity index (χ0v) is 13.9. The second kappa shape index (κ2) is 8.48. The van der Waals surface area contributed by atoms with Crippen LogP contribution in [0.1, 0.15) is 41.5 Å². The first-order chi connectivity index (χ1) is 6.91. The van der Waals surface area contributed by atoms with Gasteiger partial charge in [0.05, 0.1) is 0 Å². The molecule has 0 radical (unpaired) electrons. The predicted molar refractivity (Wildman–Crippen MR) is 66.4 cm³/mol. The van der Waals surface area contributed by atoms with E-state index in [4.69, 9.17) is 0 Å². The average Bonchev–Trinajstić information content (AvgIpc) is 2.00. The quantitative estimate of drug-likeness (QED) is 0.649. The number of hydrogen-bond donors (Lipinski definition) is 0. The molecule has 0 aliphatic carbocycles. The van der Waals surface area contributed by atoms with E-state index in [0.29, 0.717) is 0 Å². The van der Waals surface area contributed by atoms with E-state index < -0.39 is 37.6 Å². The summed E-state index contributed by atoms with van der Waals surface area (Å²) in [5, 5.41) is 0. The van der Waals surface area contributed by atoms with Gasteiger partial charge in [0.25, 0.3) is 0 Å². The first-order valence-corrected chi connectivity index (χ1v) is 8.94. The van der Waals surface area contributed by atoms with Crippen LogP contribution in [0.2, 0.25) is 0 Å². The van der Waals surface area contributed by atoms with Crippen molar-refractivity contribution < 1.29 is 37.6 Å². The van der Waals surface area contributed by atoms with Gasteiger partial charge in [0.2, 0.25) is 0 Å². The molecular weight excluding hydrogens is 308 g/mol. The summed E-state index contributed by atoms with van der Waals surface area (Å²) >= 11 is -0.664. The molecule has 0 fully saturated rings. The van der Waals surface area contributed by atoms with Crippen LogP contribution in [0.15, 0.2) is 37.6 Å². The van der Waals surface area contributed by atoms with Crippen LogP contribution in [-0.2, 0) is 0 Å². The molecule has 0 aliphatic heterocycles. The van der Waals surface area contributed by atoms with E-state index in [1.54, 1.807) is 0 Å². The summed E-state index contributed by atoms with van der Waals surface area (Å²) in [6.07, 6.45) is 4.52. The van der Waals surface area contributed by atoms with Crippen LogP contribution in [0.3, 0.4) is 0 Å². The predicted octanol–water partition coefficient (Wildman–Crippen LogP) is 4.81. The van der Waals surface area contributed by atoms with E-state index in [2.05, 4.69) is 56.9 Å². The molecule has 0 aromatic carbocycles. The van der Waals surface area contributed by atoms with Gasteiger partial charge in [-0.2, -0.15) is 0 Å². The monoisotopic (exact) mass is 330 g/mol. The van der Waals surface area contributed by atoms with E-state index in [1.165, 1.54) is 22.3 Å². The van der Waals surface area contributed by atoms with E-state index in [-0.39, 0.29) is 0 Å². The van der Waals surface area contributed by atoms with Gasteiger partial charge >= 0.3 is 117 Å². The van der Waals surface area contributed by atoms with Crippen molar-refractivity contribution in [2.24, 2.45) is 0 Å². The van der Waals surface area contributed by atoms with Gasteiger partial charge in [0.1, 0.15) is 0 Å². The summed E-state index contributed by atoms with van der Waals surface area (Å²) in [5.74, 6) is 0. The molecule has 0 spiro atoms. The van der Waals surface area contributed by atoms with Gasteiger partial charge in [-0.1, -0.05) is 0 Å². The SMILES string of the molecule is CC(C)=CC(C)=[CH][Ce][CH]=C(C)C=C(C)C. The third-order valence-corrected chi connectivity index (χ3v) is 5.56. The van der Waals surface area contributed by atoms with Crippen LogP contribution in [0.25, 0.3) is 0 Å². The normalized spacial score (nSPS) is 12.1. The molecule has 1 heteroatoms. The molecule has 0 rings (SSSR count). The molecule has 0 aromatic heterocycles.